The number of fused-ring (bicyclic) bond motifs is 1. The topological polar surface area (TPSA) is 147 Å². The number of amides is 3. The second-order valence-corrected chi connectivity index (χ2v) is 10.7. The van der Waals surface area contributed by atoms with Gasteiger partial charge in [-0.2, -0.15) is 5.26 Å². The molecule has 2 saturated heterocycles. The molecule has 5 rings (SSSR count). The lowest BCUT2D eigenvalue weighted by Crippen LogP contribution is -2.40. The molecule has 0 aliphatic carbocycles. The van der Waals surface area contributed by atoms with Crippen molar-refractivity contribution in [3.8, 4) is 6.07 Å². The number of aromatic nitrogens is 2. The number of ether oxygens (including phenoxy) is 2. The third-order valence-corrected chi connectivity index (χ3v) is 8.01. The Morgan fingerprint density at radius 2 is 2.16 bits per heavy atom. The molecule has 2 aromatic rings. The zero-order valence-electron chi connectivity index (χ0n) is 20.8. The van der Waals surface area contributed by atoms with Gasteiger partial charge in [0.25, 0.3) is 0 Å². The minimum atomic E-state index is -0.458. The van der Waals surface area contributed by atoms with E-state index >= 15 is 0 Å². The average molecular weight is 537 g/mol. The first-order valence-electron chi connectivity index (χ1n) is 12.7. The van der Waals surface area contributed by atoms with Crippen molar-refractivity contribution in [2.24, 2.45) is 0 Å². The summed E-state index contributed by atoms with van der Waals surface area (Å²) in [5.41, 5.74) is 2.03. The highest BCUT2D eigenvalue weighted by molar-refractivity contribution is 8.00. The first-order valence-corrected chi connectivity index (χ1v) is 13.5. The molecule has 12 heteroatoms. The number of aldehydes is 1. The number of hydrogen-bond acceptors (Lipinski definition) is 9. The molecule has 11 nitrogen and oxygen atoms in total. The number of carbonyl (C=O) groups is 3. The van der Waals surface area contributed by atoms with Crippen molar-refractivity contribution in [3.05, 3.63) is 40.7 Å². The predicted octanol–water partition coefficient (Wildman–Crippen LogP) is 2.82. The fourth-order valence-corrected chi connectivity index (χ4v) is 5.87. The number of nitriles is 1. The Kier molecular flexibility index (Phi) is 8.17. The number of carbonyl (C=O) groups excluding carboxylic acids is 3. The van der Waals surface area contributed by atoms with Gasteiger partial charge >= 0.3 is 6.03 Å². The second kappa shape index (κ2) is 11.9. The van der Waals surface area contributed by atoms with E-state index in [9.17, 15) is 19.6 Å². The lowest BCUT2D eigenvalue weighted by atomic mass is 10.0. The number of aryl methyl sites for hydroxylation is 1. The minimum Gasteiger partial charge on any atom is -0.380 e. The predicted molar refractivity (Wildman–Crippen MR) is 139 cm³/mol. The van der Waals surface area contributed by atoms with Gasteiger partial charge in [0, 0.05) is 48.2 Å². The van der Waals surface area contributed by atoms with Crippen LogP contribution >= 0.6 is 11.8 Å². The van der Waals surface area contributed by atoms with Crippen LogP contribution in [0.15, 0.2) is 23.2 Å². The van der Waals surface area contributed by atoms with Gasteiger partial charge in [0.15, 0.2) is 6.29 Å². The molecule has 0 saturated carbocycles. The second-order valence-electron chi connectivity index (χ2n) is 9.32. The molecular weight excluding hydrogens is 508 g/mol. The summed E-state index contributed by atoms with van der Waals surface area (Å²) in [5, 5.41) is 15.4. The number of urea groups is 1. The molecule has 2 N–H and O–H groups in total. The zero-order valence-corrected chi connectivity index (χ0v) is 21.6. The summed E-state index contributed by atoms with van der Waals surface area (Å²) in [7, 11) is 0. The molecular formula is C26H28N6O5S. The Morgan fingerprint density at radius 3 is 2.89 bits per heavy atom. The normalized spacial score (nSPS) is 20.4. The average Bonchev–Trinajstić information content (AvgIpc) is 3.66. The van der Waals surface area contributed by atoms with E-state index in [2.05, 4.69) is 26.7 Å². The number of anilines is 2. The van der Waals surface area contributed by atoms with E-state index in [0.29, 0.717) is 74.7 Å². The molecule has 0 radical (unpaired) electrons. The number of nitrogens with zero attached hydrogens (tertiary/aromatic N) is 4. The van der Waals surface area contributed by atoms with E-state index in [1.807, 2.05) is 6.07 Å². The van der Waals surface area contributed by atoms with Crippen LogP contribution in [-0.2, 0) is 27.2 Å². The van der Waals surface area contributed by atoms with Crippen LogP contribution in [0.3, 0.4) is 0 Å². The van der Waals surface area contributed by atoms with Crippen molar-refractivity contribution >= 4 is 41.6 Å². The van der Waals surface area contributed by atoms with Crippen molar-refractivity contribution in [2.45, 2.75) is 54.9 Å². The molecule has 3 aliphatic rings. The van der Waals surface area contributed by atoms with Gasteiger partial charge in [0.05, 0.1) is 12.2 Å². The minimum absolute atomic E-state index is 0.154. The summed E-state index contributed by atoms with van der Waals surface area (Å²) in [4.78, 5) is 48.5. The quantitative estimate of drug-likeness (QED) is 0.510. The summed E-state index contributed by atoms with van der Waals surface area (Å²) < 4.78 is 10.9. The maximum atomic E-state index is 13.3. The zero-order chi connectivity index (χ0) is 26.5. The highest BCUT2D eigenvalue weighted by Gasteiger charge is 2.28. The molecule has 3 amide bonds. The summed E-state index contributed by atoms with van der Waals surface area (Å²) >= 11 is 1.55. The summed E-state index contributed by atoms with van der Waals surface area (Å²) in [6, 6.07) is 5.27. The standard InChI is InChI=1S/C26H28N6O5S/c27-11-18-13-28-23(10-22(18)38-19-5-8-36-15-19)31-26(35)32-6-1-3-16-9-17(20(14-33)30-24(16)32)12-29-25(34)21-4-2-7-37-21/h9-10,13-14,19,21H,1-8,12,15H2,(H,29,34)(H,28,31,35). The highest BCUT2D eigenvalue weighted by atomic mass is 32.2. The van der Waals surface area contributed by atoms with E-state index in [1.54, 1.807) is 17.8 Å². The molecule has 0 aromatic carbocycles. The van der Waals surface area contributed by atoms with Crippen LogP contribution in [0.25, 0.3) is 0 Å². The van der Waals surface area contributed by atoms with E-state index in [1.165, 1.54) is 11.1 Å². The van der Waals surface area contributed by atoms with Gasteiger partial charge < -0.3 is 14.8 Å². The van der Waals surface area contributed by atoms with Gasteiger partial charge in [0.2, 0.25) is 5.91 Å². The SMILES string of the molecule is N#Cc1cnc(NC(=O)N2CCCc3cc(CNC(=O)C4CCCO4)c(C=O)nc32)cc1SC1CCOC1. The summed E-state index contributed by atoms with van der Waals surface area (Å²) in [5.74, 6) is 0.536. The van der Waals surface area contributed by atoms with Gasteiger partial charge in [-0.3, -0.25) is 19.8 Å². The monoisotopic (exact) mass is 536 g/mol. The van der Waals surface area contributed by atoms with E-state index in [0.717, 1.165) is 23.3 Å². The van der Waals surface area contributed by atoms with Crippen LogP contribution in [-0.4, -0.2) is 65.9 Å². The third kappa shape index (κ3) is 5.80. The molecule has 0 bridgehead atoms. The van der Waals surface area contributed by atoms with Crippen molar-refractivity contribution in [1.29, 1.82) is 5.26 Å². The van der Waals surface area contributed by atoms with Gasteiger partial charge in [-0.15, -0.1) is 11.8 Å². The molecule has 5 heterocycles. The molecule has 0 spiro atoms. The number of pyridine rings is 2. The van der Waals surface area contributed by atoms with Crippen LogP contribution < -0.4 is 15.5 Å². The first-order chi connectivity index (χ1) is 18.6. The van der Waals surface area contributed by atoms with Crippen molar-refractivity contribution in [2.75, 3.05) is 36.6 Å². The van der Waals surface area contributed by atoms with Gasteiger partial charge in [-0.05, 0) is 49.8 Å². The largest absolute Gasteiger partial charge is 0.380 e. The van der Waals surface area contributed by atoms with Gasteiger partial charge in [-0.1, -0.05) is 0 Å². The van der Waals surface area contributed by atoms with Crippen LogP contribution in [0.1, 0.15) is 52.9 Å². The molecule has 3 aliphatic heterocycles. The maximum Gasteiger partial charge on any atom is 0.328 e. The van der Waals surface area contributed by atoms with Crippen LogP contribution in [0.2, 0.25) is 0 Å². The molecule has 2 unspecified atom stereocenters. The lowest BCUT2D eigenvalue weighted by molar-refractivity contribution is -0.130. The fraction of sp³-hybridized carbons (Fsp3) is 0.462. The van der Waals surface area contributed by atoms with Crippen molar-refractivity contribution < 1.29 is 23.9 Å². The Balaban J connectivity index is 1.31. The van der Waals surface area contributed by atoms with E-state index in [-0.39, 0.29) is 23.4 Å². The molecule has 198 valence electrons. The lowest BCUT2D eigenvalue weighted by Gasteiger charge is -2.29. The third-order valence-electron chi connectivity index (χ3n) is 6.71. The Hall–Kier alpha value is -3.53. The first kappa shape index (κ1) is 26.1. The van der Waals surface area contributed by atoms with Crippen LogP contribution in [0.4, 0.5) is 16.4 Å². The van der Waals surface area contributed by atoms with Crippen molar-refractivity contribution in [3.63, 3.8) is 0 Å². The molecule has 2 aromatic heterocycles. The fourth-order valence-electron chi connectivity index (χ4n) is 4.73. The maximum absolute atomic E-state index is 13.3. The Bertz CT molecular complexity index is 1270. The van der Waals surface area contributed by atoms with Crippen molar-refractivity contribution in [1.82, 2.24) is 15.3 Å². The molecule has 2 fully saturated rings. The Labute approximate surface area is 224 Å². The van der Waals surface area contributed by atoms with Crippen LogP contribution in [0.5, 0.6) is 0 Å². The van der Waals surface area contributed by atoms with Gasteiger partial charge in [-0.25, -0.2) is 14.8 Å². The number of hydrogen-bond donors (Lipinski definition) is 2. The number of thioether (sulfide) groups is 1. The Morgan fingerprint density at radius 1 is 1.26 bits per heavy atom. The molecule has 2 atom stereocenters. The number of nitrogens with one attached hydrogen (secondary N) is 2. The van der Waals surface area contributed by atoms with E-state index < -0.39 is 12.1 Å². The summed E-state index contributed by atoms with van der Waals surface area (Å²) in [6.45, 7) is 2.47. The summed E-state index contributed by atoms with van der Waals surface area (Å²) in [6.07, 6.45) is 5.47. The van der Waals surface area contributed by atoms with E-state index in [4.69, 9.17) is 9.47 Å². The molecule has 38 heavy (non-hydrogen) atoms. The smallest absolute Gasteiger partial charge is 0.328 e. The highest BCUT2D eigenvalue weighted by Crippen LogP contribution is 2.33. The van der Waals surface area contributed by atoms with Gasteiger partial charge in [0.1, 0.15) is 29.5 Å². The van der Waals surface area contributed by atoms with Crippen LogP contribution in [0, 0.1) is 11.3 Å². The number of rotatable bonds is 7.